The van der Waals surface area contributed by atoms with Crippen molar-refractivity contribution in [2.24, 2.45) is 40.4 Å². The second kappa shape index (κ2) is 2.31. The number of hydrogen-bond donors (Lipinski definition) is 0. The molecule has 0 saturated heterocycles. The van der Waals surface area contributed by atoms with Gasteiger partial charge in [0.05, 0.1) is 0 Å². The minimum absolute atomic E-state index is 0.664. The van der Waals surface area contributed by atoms with Crippen LogP contribution in [-0.2, 0) is 0 Å². The van der Waals surface area contributed by atoms with E-state index in [1.807, 2.05) is 0 Å². The zero-order valence-corrected chi connectivity index (χ0v) is 10.4. The molecular formula is C15H24. The molecule has 4 aliphatic carbocycles. The van der Waals surface area contributed by atoms with Crippen molar-refractivity contribution < 1.29 is 0 Å². The highest BCUT2D eigenvalue weighted by Gasteiger charge is 2.71. The average Bonchev–Trinajstić information content (AvgIpc) is 2.22. The molecule has 0 N–H and O–H groups in total. The van der Waals surface area contributed by atoms with Crippen LogP contribution in [0.2, 0.25) is 0 Å². The van der Waals surface area contributed by atoms with E-state index in [2.05, 4.69) is 20.8 Å². The van der Waals surface area contributed by atoms with Gasteiger partial charge < -0.3 is 0 Å². The molecular weight excluding hydrogens is 180 g/mol. The van der Waals surface area contributed by atoms with Crippen molar-refractivity contribution in [2.45, 2.75) is 52.9 Å². The fourth-order valence-electron chi connectivity index (χ4n) is 6.22. The van der Waals surface area contributed by atoms with Gasteiger partial charge >= 0.3 is 0 Å². The first-order valence-electron chi connectivity index (χ1n) is 7.00. The molecule has 0 nitrogen and oxygen atoms in total. The van der Waals surface area contributed by atoms with Gasteiger partial charge in [0.2, 0.25) is 0 Å². The van der Waals surface area contributed by atoms with Gasteiger partial charge in [-0.25, -0.2) is 0 Å². The Morgan fingerprint density at radius 2 is 1.47 bits per heavy atom. The van der Waals surface area contributed by atoms with Crippen LogP contribution in [0.25, 0.3) is 0 Å². The Morgan fingerprint density at radius 1 is 0.800 bits per heavy atom. The molecule has 15 heavy (non-hydrogen) atoms. The normalized spacial score (nSPS) is 63.8. The van der Waals surface area contributed by atoms with Crippen molar-refractivity contribution in [1.82, 2.24) is 0 Å². The molecule has 0 radical (unpaired) electrons. The van der Waals surface area contributed by atoms with Crippen LogP contribution in [0.5, 0.6) is 0 Å². The number of rotatable bonds is 0. The SMILES string of the molecule is CC1(C)CCC2C(C1)C1CC3(C)CC2C13. The van der Waals surface area contributed by atoms with Crippen molar-refractivity contribution in [3.05, 3.63) is 0 Å². The Balaban J connectivity index is 1.64. The molecule has 84 valence electrons. The largest absolute Gasteiger partial charge is 0.0599 e. The third-order valence-electron chi connectivity index (χ3n) is 6.72. The van der Waals surface area contributed by atoms with Crippen molar-refractivity contribution in [2.75, 3.05) is 0 Å². The van der Waals surface area contributed by atoms with Gasteiger partial charge in [-0.05, 0) is 72.5 Å². The Morgan fingerprint density at radius 3 is 2.13 bits per heavy atom. The van der Waals surface area contributed by atoms with E-state index in [-0.39, 0.29) is 0 Å². The summed E-state index contributed by atoms with van der Waals surface area (Å²) in [5.74, 6) is 5.82. The van der Waals surface area contributed by atoms with Crippen molar-refractivity contribution >= 4 is 0 Å². The van der Waals surface area contributed by atoms with E-state index < -0.39 is 0 Å². The van der Waals surface area contributed by atoms with E-state index in [0.29, 0.717) is 5.41 Å². The van der Waals surface area contributed by atoms with E-state index >= 15 is 0 Å². The summed E-state index contributed by atoms with van der Waals surface area (Å²) in [6.45, 7) is 7.57. The van der Waals surface area contributed by atoms with Crippen LogP contribution < -0.4 is 0 Å². The van der Waals surface area contributed by atoms with Crippen LogP contribution in [0.3, 0.4) is 0 Å². The number of hydrogen-bond acceptors (Lipinski definition) is 0. The van der Waals surface area contributed by atoms with Gasteiger partial charge in [-0.15, -0.1) is 0 Å². The molecule has 6 atom stereocenters. The lowest BCUT2D eigenvalue weighted by molar-refractivity contribution is -0.144. The molecule has 0 aromatic heterocycles. The summed E-state index contributed by atoms with van der Waals surface area (Å²) in [5.41, 5.74) is 1.49. The molecule has 0 heterocycles. The van der Waals surface area contributed by atoms with E-state index in [0.717, 1.165) is 17.3 Å². The molecule has 4 rings (SSSR count). The Bertz CT molecular complexity index is 316. The molecule has 0 bridgehead atoms. The topological polar surface area (TPSA) is 0 Å². The lowest BCUT2D eigenvalue weighted by atomic mass is 9.42. The highest BCUT2D eigenvalue weighted by atomic mass is 14.8. The molecule has 0 amide bonds. The van der Waals surface area contributed by atoms with Gasteiger partial charge in [0.1, 0.15) is 0 Å². The van der Waals surface area contributed by atoms with Gasteiger partial charge in [0, 0.05) is 0 Å². The Hall–Kier alpha value is 0. The second-order valence-corrected chi connectivity index (χ2v) is 8.15. The summed E-state index contributed by atoms with van der Waals surface area (Å²) in [6.07, 6.45) is 7.79. The van der Waals surface area contributed by atoms with Crippen LogP contribution in [0.4, 0.5) is 0 Å². The smallest absolute Gasteiger partial charge is 0.0286 e. The molecule has 0 aromatic rings. The lowest BCUT2D eigenvalue weighted by Crippen LogP contribution is -2.56. The van der Waals surface area contributed by atoms with Crippen LogP contribution in [0.1, 0.15) is 52.9 Å². The van der Waals surface area contributed by atoms with Crippen LogP contribution in [-0.4, -0.2) is 0 Å². The highest BCUT2D eigenvalue weighted by molar-refractivity contribution is 5.20. The minimum Gasteiger partial charge on any atom is -0.0599 e. The summed E-state index contributed by atoms with van der Waals surface area (Å²) in [5, 5.41) is 0. The quantitative estimate of drug-likeness (QED) is 0.557. The van der Waals surface area contributed by atoms with Gasteiger partial charge in [-0.3, -0.25) is 0 Å². The highest BCUT2D eigenvalue weighted by Crippen LogP contribution is 2.78. The molecule has 4 aliphatic rings. The van der Waals surface area contributed by atoms with Gasteiger partial charge in [0.25, 0.3) is 0 Å². The first kappa shape index (κ1) is 9.07. The lowest BCUT2D eigenvalue weighted by Gasteiger charge is -2.63. The second-order valence-electron chi connectivity index (χ2n) is 8.15. The third-order valence-corrected chi connectivity index (χ3v) is 6.72. The molecule has 0 aliphatic heterocycles. The molecule has 4 saturated carbocycles. The maximum atomic E-state index is 2.56. The van der Waals surface area contributed by atoms with Gasteiger partial charge in [-0.1, -0.05) is 20.8 Å². The minimum atomic E-state index is 0.664. The maximum Gasteiger partial charge on any atom is -0.0286 e. The standard InChI is InChI=1S/C15H24/c1-14(2)5-4-9-10(6-14)12-8-15(3)7-11(9)13(12)15/h9-13H,4-8H2,1-3H3. The average molecular weight is 204 g/mol. The number of fused-ring (bicyclic) bond motifs is 3. The van der Waals surface area contributed by atoms with Crippen LogP contribution in [0.15, 0.2) is 0 Å². The predicted molar refractivity (Wildman–Crippen MR) is 62.4 cm³/mol. The van der Waals surface area contributed by atoms with E-state index in [9.17, 15) is 0 Å². The molecule has 0 heteroatoms. The predicted octanol–water partition coefficient (Wildman–Crippen LogP) is 4.10. The Labute approximate surface area is 93.8 Å². The fourth-order valence-corrected chi connectivity index (χ4v) is 6.22. The molecule has 0 spiro atoms. The molecule has 4 fully saturated rings. The van der Waals surface area contributed by atoms with Crippen LogP contribution in [0, 0.1) is 40.4 Å². The first-order chi connectivity index (χ1) is 7.00. The summed E-state index contributed by atoms with van der Waals surface area (Å²) in [6, 6.07) is 0. The fraction of sp³-hybridized carbons (Fsp3) is 1.00. The summed E-state index contributed by atoms with van der Waals surface area (Å²) in [7, 11) is 0. The van der Waals surface area contributed by atoms with Gasteiger partial charge in [0.15, 0.2) is 0 Å². The molecule has 0 aromatic carbocycles. The summed E-state index contributed by atoms with van der Waals surface area (Å²) in [4.78, 5) is 0. The van der Waals surface area contributed by atoms with Crippen molar-refractivity contribution in [3.8, 4) is 0 Å². The molecule has 6 unspecified atom stereocenters. The van der Waals surface area contributed by atoms with E-state index in [1.165, 1.54) is 24.2 Å². The first-order valence-corrected chi connectivity index (χ1v) is 7.00. The van der Waals surface area contributed by atoms with Crippen molar-refractivity contribution in [1.29, 1.82) is 0 Å². The van der Waals surface area contributed by atoms with Gasteiger partial charge in [-0.2, -0.15) is 0 Å². The summed E-state index contributed by atoms with van der Waals surface area (Å²) >= 11 is 0. The van der Waals surface area contributed by atoms with Crippen molar-refractivity contribution in [3.63, 3.8) is 0 Å². The monoisotopic (exact) mass is 204 g/mol. The summed E-state index contributed by atoms with van der Waals surface area (Å²) < 4.78 is 0. The zero-order valence-electron chi connectivity index (χ0n) is 10.4. The maximum absolute atomic E-state index is 2.56. The third kappa shape index (κ3) is 0.913. The van der Waals surface area contributed by atoms with E-state index in [1.54, 1.807) is 25.7 Å². The van der Waals surface area contributed by atoms with E-state index in [4.69, 9.17) is 0 Å². The zero-order chi connectivity index (χ0) is 10.4. The Kier molecular flexibility index (Phi) is 1.40. The van der Waals surface area contributed by atoms with Crippen LogP contribution >= 0.6 is 0 Å².